The zero-order valence-electron chi connectivity index (χ0n) is 10.7. The lowest BCUT2D eigenvalue weighted by molar-refractivity contribution is 0.112. The van der Waals surface area contributed by atoms with Gasteiger partial charge in [-0.2, -0.15) is 5.10 Å². The van der Waals surface area contributed by atoms with Crippen LogP contribution in [0.3, 0.4) is 0 Å². The minimum absolute atomic E-state index is 0.170. The third-order valence-electron chi connectivity index (χ3n) is 2.86. The summed E-state index contributed by atoms with van der Waals surface area (Å²) in [5.41, 5.74) is 2.33. The topological polar surface area (TPSA) is 34.9 Å². The molecule has 0 unspecified atom stereocenters. The molecule has 1 heterocycles. The third-order valence-corrected chi connectivity index (χ3v) is 3.79. The second kappa shape index (κ2) is 5.88. The minimum Gasteiger partial charge on any atom is -0.298 e. The average Bonchev–Trinajstić information content (AvgIpc) is 2.69. The van der Waals surface area contributed by atoms with E-state index in [1.807, 2.05) is 38.1 Å². The molecule has 19 heavy (non-hydrogen) atoms. The van der Waals surface area contributed by atoms with Crippen LogP contribution in [0, 0.1) is 0 Å². The maximum atomic E-state index is 11.1. The molecule has 3 nitrogen and oxygen atoms in total. The van der Waals surface area contributed by atoms with E-state index >= 15 is 0 Å². The SMILES string of the molecule is CC(C)c1nn(Cc2ccc(Br)cc2)c(Cl)c1C=O. The molecule has 0 radical (unpaired) electrons. The van der Waals surface area contributed by atoms with E-state index in [9.17, 15) is 4.79 Å². The van der Waals surface area contributed by atoms with Gasteiger partial charge >= 0.3 is 0 Å². The van der Waals surface area contributed by atoms with E-state index in [4.69, 9.17) is 11.6 Å². The molecule has 1 aromatic carbocycles. The average molecular weight is 342 g/mol. The van der Waals surface area contributed by atoms with Crippen LogP contribution in [0.2, 0.25) is 5.15 Å². The molecule has 100 valence electrons. The van der Waals surface area contributed by atoms with Crippen molar-refractivity contribution in [3.63, 3.8) is 0 Å². The molecule has 0 spiro atoms. The maximum Gasteiger partial charge on any atom is 0.155 e. The fraction of sp³-hybridized carbons (Fsp3) is 0.286. The van der Waals surface area contributed by atoms with Gasteiger partial charge in [0.25, 0.3) is 0 Å². The summed E-state index contributed by atoms with van der Waals surface area (Å²) in [7, 11) is 0. The first-order valence-electron chi connectivity index (χ1n) is 5.98. The molecule has 0 aliphatic carbocycles. The van der Waals surface area contributed by atoms with Gasteiger partial charge in [0.2, 0.25) is 0 Å². The van der Waals surface area contributed by atoms with Crippen LogP contribution in [0.25, 0.3) is 0 Å². The van der Waals surface area contributed by atoms with Gasteiger partial charge in [-0.1, -0.05) is 53.5 Å². The molecule has 0 atom stereocenters. The van der Waals surface area contributed by atoms with Gasteiger partial charge in [-0.25, -0.2) is 4.68 Å². The first kappa shape index (κ1) is 14.3. The number of benzene rings is 1. The highest BCUT2D eigenvalue weighted by molar-refractivity contribution is 9.10. The van der Waals surface area contributed by atoms with E-state index in [1.54, 1.807) is 4.68 Å². The molecule has 2 rings (SSSR count). The predicted molar refractivity (Wildman–Crippen MR) is 80.0 cm³/mol. The Morgan fingerprint density at radius 3 is 2.47 bits per heavy atom. The van der Waals surface area contributed by atoms with Gasteiger partial charge < -0.3 is 0 Å². The largest absolute Gasteiger partial charge is 0.298 e. The molecule has 0 aliphatic rings. The zero-order chi connectivity index (χ0) is 14.0. The van der Waals surface area contributed by atoms with E-state index in [0.717, 1.165) is 22.0 Å². The van der Waals surface area contributed by atoms with Crippen molar-refractivity contribution in [2.45, 2.75) is 26.3 Å². The predicted octanol–water partition coefficient (Wildman–Crippen LogP) is 4.28. The molecule has 0 amide bonds. The highest BCUT2D eigenvalue weighted by atomic mass is 79.9. The number of halogens is 2. The first-order valence-corrected chi connectivity index (χ1v) is 7.16. The number of aromatic nitrogens is 2. The Morgan fingerprint density at radius 2 is 2.00 bits per heavy atom. The first-order chi connectivity index (χ1) is 9.02. The summed E-state index contributed by atoms with van der Waals surface area (Å²) >= 11 is 9.61. The van der Waals surface area contributed by atoms with Gasteiger partial charge in [0.1, 0.15) is 5.15 Å². The molecule has 5 heteroatoms. The quantitative estimate of drug-likeness (QED) is 0.778. The van der Waals surface area contributed by atoms with Crippen LogP contribution < -0.4 is 0 Å². The van der Waals surface area contributed by atoms with Crippen LogP contribution in [0.4, 0.5) is 0 Å². The summed E-state index contributed by atoms with van der Waals surface area (Å²) in [6, 6.07) is 7.93. The van der Waals surface area contributed by atoms with E-state index in [2.05, 4.69) is 21.0 Å². The van der Waals surface area contributed by atoms with Crippen molar-refractivity contribution in [3.05, 3.63) is 50.7 Å². The standard InChI is InChI=1S/C14H14BrClN2O/c1-9(2)13-12(8-19)14(16)18(17-13)7-10-3-5-11(15)6-4-10/h3-6,8-9H,7H2,1-2H3. The summed E-state index contributed by atoms with van der Waals surface area (Å²) in [5, 5.41) is 4.84. The highest BCUT2D eigenvalue weighted by Crippen LogP contribution is 2.25. The van der Waals surface area contributed by atoms with Crippen molar-refractivity contribution in [2.75, 3.05) is 0 Å². The Balaban J connectivity index is 2.35. The van der Waals surface area contributed by atoms with Crippen molar-refractivity contribution in [1.29, 1.82) is 0 Å². The highest BCUT2D eigenvalue weighted by Gasteiger charge is 2.18. The molecule has 0 fully saturated rings. The Morgan fingerprint density at radius 1 is 1.37 bits per heavy atom. The van der Waals surface area contributed by atoms with Crippen LogP contribution in [0.5, 0.6) is 0 Å². The number of aldehydes is 1. The number of hydrogen-bond donors (Lipinski definition) is 0. The molecule has 0 bridgehead atoms. The van der Waals surface area contributed by atoms with E-state index in [-0.39, 0.29) is 5.92 Å². The molecular weight excluding hydrogens is 328 g/mol. The molecular formula is C14H14BrClN2O. The maximum absolute atomic E-state index is 11.1. The second-order valence-corrected chi connectivity index (χ2v) is 5.92. The van der Waals surface area contributed by atoms with Crippen molar-refractivity contribution in [1.82, 2.24) is 9.78 Å². The van der Waals surface area contributed by atoms with E-state index < -0.39 is 0 Å². The lowest BCUT2D eigenvalue weighted by Crippen LogP contribution is -2.02. The van der Waals surface area contributed by atoms with Gasteiger partial charge in [-0.05, 0) is 23.6 Å². The molecule has 0 saturated heterocycles. The fourth-order valence-corrected chi connectivity index (χ4v) is 2.38. The smallest absolute Gasteiger partial charge is 0.155 e. The minimum atomic E-state index is 0.170. The van der Waals surface area contributed by atoms with Crippen LogP contribution in [0.1, 0.15) is 41.4 Å². The molecule has 2 aromatic rings. The van der Waals surface area contributed by atoms with Gasteiger partial charge in [0.15, 0.2) is 6.29 Å². The number of hydrogen-bond acceptors (Lipinski definition) is 2. The Hall–Kier alpha value is -1.13. The fourth-order valence-electron chi connectivity index (χ4n) is 1.88. The molecule has 0 N–H and O–H groups in total. The number of carbonyl (C=O) groups excluding carboxylic acids is 1. The zero-order valence-corrected chi connectivity index (χ0v) is 13.1. The second-order valence-electron chi connectivity index (χ2n) is 4.65. The van der Waals surface area contributed by atoms with Crippen molar-refractivity contribution in [2.24, 2.45) is 0 Å². The summed E-state index contributed by atoms with van der Waals surface area (Å²) in [5.74, 6) is 0.170. The summed E-state index contributed by atoms with van der Waals surface area (Å²) < 4.78 is 2.70. The Kier molecular flexibility index (Phi) is 4.42. The van der Waals surface area contributed by atoms with Gasteiger partial charge in [-0.15, -0.1) is 0 Å². The Bertz CT molecular complexity index is 590. The number of carbonyl (C=O) groups is 1. The number of nitrogens with zero attached hydrogens (tertiary/aromatic N) is 2. The summed E-state index contributed by atoms with van der Waals surface area (Å²) in [4.78, 5) is 11.1. The van der Waals surface area contributed by atoms with Crippen LogP contribution in [0.15, 0.2) is 28.7 Å². The van der Waals surface area contributed by atoms with Crippen molar-refractivity contribution in [3.8, 4) is 0 Å². The van der Waals surface area contributed by atoms with Gasteiger partial charge in [-0.3, -0.25) is 4.79 Å². The molecule has 0 aliphatic heterocycles. The van der Waals surface area contributed by atoms with E-state index in [0.29, 0.717) is 17.3 Å². The lowest BCUT2D eigenvalue weighted by Gasteiger charge is -2.04. The molecule has 0 saturated carbocycles. The van der Waals surface area contributed by atoms with Gasteiger partial charge in [0, 0.05) is 4.47 Å². The third kappa shape index (κ3) is 3.07. The summed E-state index contributed by atoms with van der Waals surface area (Å²) in [6.07, 6.45) is 0.781. The van der Waals surface area contributed by atoms with Crippen LogP contribution in [-0.4, -0.2) is 16.1 Å². The Labute approximate surface area is 125 Å². The van der Waals surface area contributed by atoms with Gasteiger partial charge in [0.05, 0.1) is 17.8 Å². The monoisotopic (exact) mass is 340 g/mol. The van der Waals surface area contributed by atoms with Crippen molar-refractivity contribution >= 4 is 33.8 Å². The number of rotatable bonds is 4. The van der Waals surface area contributed by atoms with E-state index in [1.165, 1.54) is 0 Å². The lowest BCUT2D eigenvalue weighted by atomic mass is 10.1. The van der Waals surface area contributed by atoms with Crippen molar-refractivity contribution < 1.29 is 4.79 Å². The van der Waals surface area contributed by atoms with Crippen LogP contribution in [-0.2, 0) is 6.54 Å². The van der Waals surface area contributed by atoms with Crippen LogP contribution >= 0.6 is 27.5 Å². The molecule has 1 aromatic heterocycles. The normalized spacial score (nSPS) is 11.0. The summed E-state index contributed by atoms with van der Waals surface area (Å²) in [6.45, 7) is 4.55.